The molecule has 0 fully saturated rings. The number of aryl methyl sites for hydroxylation is 1. The Balaban J connectivity index is 2.26. The highest BCUT2D eigenvalue weighted by Crippen LogP contribution is 2.22. The number of aromatic nitrogens is 2. The fourth-order valence-corrected chi connectivity index (χ4v) is 2.03. The van der Waals surface area contributed by atoms with Crippen molar-refractivity contribution in [3.8, 4) is 0 Å². The highest BCUT2D eigenvalue weighted by Gasteiger charge is 2.22. The van der Waals surface area contributed by atoms with E-state index in [4.69, 9.17) is 16.3 Å². The molecule has 1 unspecified atom stereocenters. The van der Waals surface area contributed by atoms with Gasteiger partial charge in [0, 0.05) is 29.0 Å². The minimum atomic E-state index is -0.612. The molecule has 106 valence electrons. The van der Waals surface area contributed by atoms with Crippen molar-refractivity contribution in [3.63, 3.8) is 0 Å². The van der Waals surface area contributed by atoms with Crippen molar-refractivity contribution < 1.29 is 9.53 Å². The summed E-state index contributed by atoms with van der Waals surface area (Å²) in [5, 5.41) is 7.89. The Hall–Kier alpha value is -2.01. The van der Waals surface area contributed by atoms with Gasteiger partial charge in [0.1, 0.15) is 0 Å². The molecule has 1 atom stereocenters. The van der Waals surface area contributed by atoms with Crippen LogP contribution in [0.5, 0.6) is 0 Å². The zero-order valence-corrected chi connectivity index (χ0v) is 12.1. The van der Waals surface area contributed by atoms with Gasteiger partial charge in [0.2, 0.25) is 0 Å². The molecule has 2 aromatic rings. The third-order valence-electron chi connectivity index (χ3n) is 2.88. The van der Waals surface area contributed by atoms with Crippen LogP contribution in [0.4, 0.5) is 5.69 Å². The van der Waals surface area contributed by atoms with Crippen molar-refractivity contribution in [2.75, 3.05) is 12.4 Å². The molecule has 5 nitrogen and oxygen atoms in total. The number of rotatable bonds is 5. The summed E-state index contributed by atoms with van der Waals surface area (Å²) in [6.07, 6.45) is 3.47. The number of anilines is 1. The summed E-state index contributed by atoms with van der Waals surface area (Å²) in [7, 11) is 1.36. The van der Waals surface area contributed by atoms with Crippen LogP contribution in [-0.2, 0) is 16.1 Å². The van der Waals surface area contributed by atoms with Gasteiger partial charge < -0.3 is 10.1 Å². The van der Waals surface area contributed by atoms with Gasteiger partial charge in [-0.25, -0.2) is 4.79 Å². The molecule has 0 aliphatic rings. The Kier molecular flexibility index (Phi) is 4.63. The molecule has 0 saturated carbocycles. The summed E-state index contributed by atoms with van der Waals surface area (Å²) in [4.78, 5) is 11.9. The number of ether oxygens (including phenoxy) is 1. The van der Waals surface area contributed by atoms with Crippen LogP contribution in [0.1, 0.15) is 18.5 Å². The van der Waals surface area contributed by atoms with Gasteiger partial charge in [-0.3, -0.25) is 4.68 Å². The number of halogens is 1. The van der Waals surface area contributed by atoms with Gasteiger partial charge >= 0.3 is 5.97 Å². The van der Waals surface area contributed by atoms with E-state index in [1.807, 2.05) is 25.3 Å². The Morgan fingerprint density at radius 1 is 1.55 bits per heavy atom. The van der Waals surface area contributed by atoms with Crippen LogP contribution in [0.25, 0.3) is 0 Å². The van der Waals surface area contributed by atoms with Crippen molar-refractivity contribution in [3.05, 3.63) is 47.2 Å². The molecule has 6 heteroatoms. The first kappa shape index (κ1) is 14.4. The molecule has 0 aliphatic carbocycles. The SMILES string of the molecule is CCn1cc(C(Nc2cccc(Cl)c2)C(=O)OC)cn1. The van der Waals surface area contributed by atoms with E-state index in [0.717, 1.165) is 17.8 Å². The predicted molar refractivity (Wildman–Crippen MR) is 77.7 cm³/mol. The molecule has 20 heavy (non-hydrogen) atoms. The number of carbonyl (C=O) groups excluding carboxylic acids is 1. The molecule has 1 N–H and O–H groups in total. The number of methoxy groups -OCH3 is 1. The second kappa shape index (κ2) is 6.43. The summed E-state index contributed by atoms with van der Waals surface area (Å²) >= 11 is 5.94. The molecule has 0 amide bonds. The third-order valence-corrected chi connectivity index (χ3v) is 3.12. The average molecular weight is 294 g/mol. The predicted octanol–water partition coefficient (Wildman–Crippen LogP) is 2.88. The molecular formula is C14H16ClN3O2. The summed E-state index contributed by atoms with van der Waals surface area (Å²) in [6.45, 7) is 2.72. The average Bonchev–Trinajstić information content (AvgIpc) is 2.92. The lowest BCUT2D eigenvalue weighted by molar-refractivity contribution is -0.141. The highest BCUT2D eigenvalue weighted by atomic mass is 35.5. The van der Waals surface area contributed by atoms with Gasteiger partial charge in [0.05, 0.1) is 13.3 Å². The molecule has 0 bridgehead atoms. The monoisotopic (exact) mass is 293 g/mol. The maximum absolute atomic E-state index is 11.9. The molecule has 0 radical (unpaired) electrons. The first-order chi connectivity index (χ1) is 9.63. The minimum Gasteiger partial charge on any atom is -0.467 e. The first-order valence-electron chi connectivity index (χ1n) is 6.26. The normalized spacial score (nSPS) is 11.9. The van der Waals surface area contributed by atoms with Crippen LogP contribution in [0.15, 0.2) is 36.7 Å². The number of hydrogen-bond donors (Lipinski definition) is 1. The molecule has 1 heterocycles. The van der Waals surface area contributed by atoms with Gasteiger partial charge in [-0.15, -0.1) is 0 Å². The zero-order chi connectivity index (χ0) is 14.5. The van der Waals surface area contributed by atoms with Gasteiger partial charge in [-0.05, 0) is 25.1 Å². The van der Waals surface area contributed by atoms with E-state index in [2.05, 4.69) is 10.4 Å². The second-order valence-corrected chi connectivity index (χ2v) is 4.68. The van der Waals surface area contributed by atoms with E-state index in [1.54, 1.807) is 23.0 Å². The van der Waals surface area contributed by atoms with Gasteiger partial charge in [-0.1, -0.05) is 17.7 Å². The number of benzene rings is 1. The Labute approximate surface area is 122 Å². The molecule has 0 saturated heterocycles. The lowest BCUT2D eigenvalue weighted by Gasteiger charge is -2.16. The van der Waals surface area contributed by atoms with E-state index >= 15 is 0 Å². The smallest absolute Gasteiger partial charge is 0.333 e. The highest BCUT2D eigenvalue weighted by molar-refractivity contribution is 6.30. The molecular weight excluding hydrogens is 278 g/mol. The minimum absolute atomic E-state index is 0.374. The van der Waals surface area contributed by atoms with Crippen molar-refractivity contribution >= 4 is 23.3 Å². The van der Waals surface area contributed by atoms with E-state index < -0.39 is 6.04 Å². The maximum Gasteiger partial charge on any atom is 0.333 e. The van der Waals surface area contributed by atoms with Crippen LogP contribution in [0.3, 0.4) is 0 Å². The molecule has 0 aliphatic heterocycles. The van der Waals surface area contributed by atoms with Crippen LogP contribution in [0.2, 0.25) is 5.02 Å². The fourth-order valence-electron chi connectivity index (χ4n) is 1.84. The van der Waals surface area contributed by atoms with Crippen molar-refractivity contribution in [1.29, 1.82) is 0 Å². The van der Waals surface area contributed by atoms with Gasteiger partial charge in [0.25, 0.3) is 0 Å². The lowest BCUT2D eigenvalue weighted by Crippen LogP contribution is -2.22. The first-order valence-corrected chi connectivity index (χ1v) is 6.64. The van der Waals surface area contributed by atoms with E-state index in [9.17, 15) is 4.79 Å². The number of nitrogens with zero attached hydrogens (tertiary/aromatic N) is 2. The Bertz CT molecular complexity index is 598. The lowest BCUT2D eigenvalue weighted by atomic mass is 10.1. The van der Waals surface area contributed by atoms with Gasteiger partial charge in [0.15, 0.2) is 6.04 Å². The largest absolute Gasteiger partial charge is 0.467 e. The molecule has 1 aromatic heterocycles. The third kappa shape index (κ3) is 3.30. The maximum atomic E-state index is 11.9. The summed E-state index contributed by atoms with van der Waals surface area (Å²) in [6, 6.07) is 6.57. The van der Waals surface area contributed by atoms with Crippen LogP contribution in [0, 0.1) is 0 Å². The van der Waals surface area contributed by atoms with E-state index in [0.29, 0.717) is 5.02 Å². The standard InChI is InChI=1S/C14H16ClN3O2/c1-3-18-9-10(8-16-18)13(14(19)20-2)17-12-6-4-5-11(15)7-12/h4-9,13,17H,3H2,1-2H3. The van der Waals surface area contributed by atoms with Crippen molar-refractivity contribution in [2.45, 2.75) is 19.5 Å². The summed E-state index contributed by atoms with van der Waals surface area (Å²) in [5.74, 6) is -0.374. The van der Waals surface area contributed by atoms with Crippen LogP contribution >= 0.6 is 11.6 Å². The zero-order valence-electron chi connectivity index (χ0n) is 11.3. The van der Waals surface area contributed by atoms with Gasteiger partial charge in [-0.2, -0.15) is 5.10 Å². The van der Waals surface area contributed by atoms with Crippen LogP contribution in [-0.4, -0.2) is 22.9 Å². The molecule has 2 rings (SSSR count). The number of carbonyl (C=O) groups is 1. The Morgan fingerprint density at radius 3 is 2.95 bits per heavy atom. The molecule has 0 spiro atoms. The number of hydrogen-bond acceptors (Lipinski definition) is 4. The Morgan fingerprint density at radius 2 is 2.35 bits per heavy atom. The molecule has 1 aromatic carbocycles. The van der Waals surface area contributed by atoms with Crippen molar-refractivity contribution in [1.82, 2.24) is 9.78 Å². The van der Waals surface area contributed by atoms with Crippen LogP contribution < -0.4 is 5.32 Å². The number of esters is 1. The summed E-state index contributed by atoms with van der Waals surface area (Å²) < 4.78 is 6.60. The fraction of sp³-hybridized carbons (Fsp3) is 0.286. The van der Waals surface area contributed by atoms with Crippen molar-refractivity contribution in [2.24, 2.45) is 0 Å². The second-order valence-electron chi connectivity index (χ2n) is 4.24. The van der Waals surface area contributed by atoms with E-state index in [1.165, 1.54) is 7.11 Å². The quantitative estimate of drug-likeness (QED) is 0.861. The number of nitrogens with one attached hydrogen (secondary N) is 1. The summed E-state index contributed by atoms with van der Waals surface area (Å²) in [5.41, 5.74) is 1.50. The van der Waals surface area contributed by atoms with E-state index in [-0.39, 0.29) is 5.97 Å². The topological polar surface area (TPSA) is 56.2 Å².